The first-order valence-electron chi connectivity index (χ1n) is 7.41. The predicted molar refractivity (Wildman–Crippen MR) is 81.0 cm³/mol. The van der Waals surface area contributed by atoms with E-state index in [1.54, 1.807) is 0 Å². The topological polar surface area (TPSA) is 78.4 Å². The molecule has 0 heterocycles. The molecule has 0 saturated heterocycles. The van der Waals surface area contributed by atoms with Gasteiger partial charge in [-0.1, -0.05) is 0 Å². The van der Waals surface area contributed by atoms with Crippen LogP contribution in [0.2, 0.25) is 0 Å². The normalized spacial score (nSPS) is 16.1. The van der Waals surface area contributed by atoms with Crippen molar-refractivity contribution in [2.75, 3.05) is 37.0 Å². The van der Waals surface area contributed by atoms with Crippen LogP contribution in [0.5, 0.6) is 0 Å². The third-order valence-electron chi connectivity index (χ3n) is 4.32. The van der Waals surface area contributed by atoms with Crippen LogP contribution in [-0.4, -0.2) is 37.0 Å². The monoisotopic (exact) mass is 534 g/mol. The summed E-state index contributed by atoms with van der Waals surface area (Å²) in [5, 5.41) is -3.51. The maximum atomic E-state index is 11.3. The molecule has 132 valence electrons. The Kier molecular flexibility index (Phi) is 9.92. The Morgan fingerprint density at radius 2 is 0.950 bits per heavy atom. The molecule has 0 unspecified atom stereocenters. The van der Waals surface area contributed by atoms with Gasteiger partial charge in [-0.25, -0.2) is 0 Å². The molecule has 8 heteroatoms. The standard InChI is InChI=1S/2C6H15P.Au.ClHO4/c2*1-4-7(5-2)6-3;;2-1(3,4)5/h2*4-6H2,1-3H3;;(H,2,3,4,5)/q;;-1;/p+1. The van der Waals surface area contributed by atoms with Crippen LogP contribution in [0.3, 0.4) is 0 Å². The maximum absolute atomic E-state index is 11.3. The van der Waals surface area contributed by atoms with E-state index in [0.29, 0.717) is 0 Å². The molecule has 0 aliphatic carbocycles. The molecule has 0 N–H and O–H groups in total. The Balaban J connectivity index is 5.80. The Morgan fingerprint density at radius 3 is 1.10 bits per heavy atom. The first-order chi connectivity index (χ1) is 9.20. The molecule has 0 fully saturated rings. The molecule has 20 heavy (non-hydrogen) atoms. The summed E-state index contributed by atoms with van der Waals surface area (Å²) in [4.78, 5) is 0. The number of rotatable bonds is 10. The van der Waals surface area contributed by atoms with Crippen molar-refractivity contribution in [3.05, 3.63) is 0 Å². The number of halogens is 1. The van der Waals surface area contributed by atoms with Gasteiger partial charge in [0.1, 0.15) is 0 Å². The van der Waals surface area contributed by atoms with Crippen molar-refractivity contribution in [3.63, 3.8) is 0 Å². The van der Waals surface area contributed by atoms with Crippen molar-refractivity contribution >= 4 is 10.3 Å². The fraction of sp³-hybridized carbons (Fsp3) is 1.00. The van der Waals surface area contributed by atoms with E-state index in [9.17, 15) is 14.0 Å². The van der Waals surface area contributed by atoms with E-state index < -0.39 is 38.3 Å². The minimum absolute atomic E-state index is 1.04. The van der Waals surface area contributed by atoms with Crippen LogP contribution in [0.4, 0.5) is 0 Å². The average Bonchev–Trinajstić information content (AvgIpc) is 2.42. The van der Waals surface area contributed by atoms with Gasteiger partial charge in [-0.2, -0.15) is 0 Å². The van der Waals surface area contributed by atoms with E-state index >= 15 is 0 Å². The molecule has 0 aromatic heterocycles. The zero-order valence-electron chi connectivity index (χ0n) is 13.6. The third kappa shape index (κ3) is 5.13. The predicted octanol–water partition coefficient (Wildman–Crippen LogP) is 0.883. The van der Waals surface area contributed by atoms with Crippen molar-refractivity contribution in [2.45, 2.75) is 41.5 Å². The van der Waals surface area contributed by atoms with Gasteiger partial charge in [-0.15, -0.1) is 0 Å². The van der Waals surface area contributed by atoms with Gasteiger partial charge in [0.05, 0.1) is 0 Å². The van der Waals surface area contributed by atoms with E-state index in [4.69, 9.17) is 2.80 Å². The van der Waals surface area contributed by atoms with E-state index in [0.717, 1.165) is 37.0 Å². The van der Waals surface area contributed by atoms with Gasteiger partial charge in [0.2, 0.25) is 0 Å². The van der Waals surface area contributed by atoms with Crippen LogP contribution in [0.1, 0.15) is 41.5 Å². The molecule has 0 amide bonds. The second-order valence-electron chi connectivity index (χ2n) is 4.88. The summed E-state index contributed by atoms with van der Waals surface area (Å²) in [5.74, 6) is 0. The van der Waals surface area contributed by atoms with E-state index in [-0.39, 0.29) is 0 Å². The summed E-state index contributed by atoms with van der Waals surface area (Å²) in [5.41, 5.74) is 0. The van der Waals surface area contributed by atoms with Crippen molar-refractivity contribution < 1.29 is 44.8 Å². The fourth-order valence-corrected chi connectivity index (χ4v) is 70.9. The van der Waals surface area contributed by atoms with E-state index in [1.165, 1.54) is 0 Å². The van der Waals surface area contributed by atoms with Gasteiger partial charge >= 0.3 is 134 Å². The summed E-state index contributed by atoms with van der Waals surface area (Å²) in [6, 6.07) is 0. The molecular weight excluding hydrogens is 502 g/mol. The Labute approximate surface area is 133 Å². The number of hydrogen-bond donors (Lipinski definition) is 0. The molecule has 0 atom stereocenters. The second-order valence-corrected chi connectivity index (χ2v) is 37.4. The molecule has 0 rings (SSSR count). The van der Waals surface area contributed by atoms with Gasteiger partial charge in [-0.05, 0) is 0 Å². The van der Waals surface area contributed by atoms with Crippen molar-refractivity contribution in [3.8, 4) is 0 Å². The molecule has 0 aromatic carbocycles. The van der Waals surface area contributed by atoms with Gasteiger partial charge in [0.15, 0.2) is 0 Å². The van der Waals surface area contributed by atoms with Crippen LogP contribution in [0.25, 0.3) is 0 Å². The van der Waals surface area contributed by atoms with Crippen molar-refractivity contribution in [1.29, 1.82) is 0 Å². The summed E-state index contributed by atoms with van der Waals surface area (Å²) in [6.07, 6.45) is 6.25. The first-order valence-corrected chi connectivity index (χ1v) is 20.9. The Bertz CT molecular complexity index is 245. The van der Waals surface area contributed by atoms with Gasteiger partial charge in [0.25, 0.3) is 0 Å². The zero-order chi connectivity index (χ0) is 16.0. The molecule has 0 spiro atoms. The fourth-order valence-electron chi connectivity index (χ4n) is 2.58. The molecule has 0 aliphatic rings. The molecule has 0 aliphatic heterocycles. The second kappa shape index (κ2) is 9.13. The summed E-state index contributed by atoms with van der Waals surface area (Å²) >= 11 is -2.11. The van der Waals surface area contributed by atoms with Crippen LogP contribution in [-0.2, 0) is 20.6 Å². The Hall–Kier alpha value is 1.73. The van der Waals surface area contributed by atoms with Crippen LogP contribution >= 0.6 is 10.3 Å². The molecule has 0 saturated carbocycles. The molecular formula is C12H32AuClO4P2. The summed E-state index contributed by atoms with van der Waals surface area (Å²) < 4.78 is 39.3. The minimum atomic E-state index is -4.27. The van der Waals surface area contributed by atoms with E-state index in [2.05, 4.69) is 41.5 Å². The van der Waals surface area contributed by atoms with Gasteiger partial charge in [-0.3, -0.25) is 0 Å². The van der Waals surface area contributed by atoms with Gasteiger partial charge in [0, 0.05) is 0 Å². The molecule has 0 aromatic rings. The summed E-state index contributed by atoms with van der Waals surface area (Å²) in [6.45, 7) is 13.0. The average molecular weight is 535 g/mol. The SMILES string of the molecule is CC[PH](CC)(CC)[Au]([O][Cl+3]([O-])([O-])[O-])[PH](CC)(CC)CC. The van der Waals surface area contributed by atoms with Gasteiger partial charge < -0.3 is 0 Å². The van der Waals surface area contributed by atoms with Crippen molar-refractivity contribution in [1.82, 2.24) is 0 Å². The Morgan fingerprint density at radius 1 is 0.700 bits per heavy atom. The quantitative estimate of drug-likeness (QED) is 0.308. The van der Waals surface area contributed by atoms with Crippen molar-refractivity contribution in [2.24, 2.45) is 0 Å². The third-order valence-corrected chi connectivity index (χ3v) is 59.5. The number of hydrogen-bond acceptors (Lipinski definition) is 4. The van der Waals surface area contributed by atoms with Crippen LogP contribution in [0, 0.1) is 10.2 Å². The van der Waals surface area contributed by atoms with E-state index in [1.807, 2.05) is 0 Å². The first kappa shape index (κ1) is 21.7. The van der Waals surface area contributed by atoms with Crippen LogP contribution in [0.15, 0.2) is 0 Å². The molecule has 4 nitrogen and oxygen atoms in total. The zero-order valence-corrected chi connectivity index (χ0v) is 18.5. The van der Waals surface area contributed by atoms with Crippen LogP contribution < -0.4 is 14.0 Å². The summed E-state index contributed by atoms with van der Waals surface area (Å²) in [7, 11) is -4.27. The molecule has 0 bridgehead atoms. The molecule has 0 radical (unpaired) electrons.